The Kier molecular flexibility index (Phi) is 6.51. The first-order chi connectivity index (χ1) is 8.58. The van der Waals surface area contributed by atoms with E-state index in [1.165, 1.54) is 5.56 Å². The van der Waals surface area contributed by atoms with Crippen molar-refractivity contribution in [2.24, 2.45) is 5.92 Å². The summed E-state index contributed by atoms with van der Waals surface area (Å²) in [6.07, 6.45) is 2.09. The average molecular weight is 270 g/mol. The van der Waals surface area contributed by atoms with Crippen molar-refractivity contribution in [1.29, 1.82) is 0 Å². The molecule has 0 heterocycles. The van der Waals surface area contributed by atoms with Crippen LogP contribution in [-0.4, -0.2) is 19.7 Å². The van der Waals surface area contributed by atoms with Crippen molar-refractivity contribution in [3.05, 3.63) is 28.8 Å². The van der Waals surface area contributed by atoms with Crippen molar-refractivity contribution in [2.45, 2.75) is 39.7 Å². The minimum Gasteiger partial charge on any atom is -0.496 e. The lowest BCUT2D eigenvalue weighted by molar-refractivity contribution is 0.379. The molecule has 0 saturated heterocycles. The van der Waals surface area contributed by atoms with E-state index in [4.69, 9.17) is 16.3 Å². The Labute approximate surface area is 116 Å². The molecule has 0 aliphatic carbocycles. The molecule has 18 heavy (non-hydrogen) atoms. The fraction of sp³-hybridized carbons (Fsp3) is 0.600. The van der Waals surface area contributed by atoms with Crippen molar-refractivity contribution < 1.29 is 4.74 Å². The smallest absolute Gasteiger partial charge is 0.122 e. The quantitative estimate of drug-likeness (QED) is 0.810. The normalized spacial score (nSPS) is 12.8. The molecule has 3 heteroatoms. The highest BCUT2D eigenvalue weighted by molar-refractivity contribution is 6.30. The summed E-state index contributed by atoms with van der Waals surface area (Å²) in [5.74, 6) is 1.50. The van der Waals surface area contributed by atoms with Crippen LogP contribution in [0.25, 0.3) is 0 Å². The van der Waals surface area contributed by atoms with Gasteiger partial charge in [0.1, 0.15) is 5.75 Å². The zero-order valence-corrected chi connectivity index (χ0v) is 12.6. The van der Waals surface area contributed by atoms with Gasteiger partial charge in [-0.2, -0.15) is 0 Å². The molecule has 1 N–H and O–H groups in total. The molecule has 0 bridgehead atoms. The van der Waals surface area contributed by atoms with Gasteiger partial charge in [0.2, 0.25) is 0 Å². The summed E-state index contributed by atoms with van der Waals surface area (Å²) >= 11 is 6.07. The summed E-state index contributed by atoms with van der Waals surface area (Å²) in [6, 6.07) is 6.27. The van der Waals surface area contributed by atoms with Crippen LogP contribution < -0.4 is 10.1 Å². The fourth-order valence-corrected chi connectivity index (χ4v) is 2.21. The number of rotatable bonds is 7. The second-order valence-corrected chi connectivity index (χ2v) is 5.40. The van der Waals surface area contributed by atoms with Crippen LogP contribution in [0.3, 0.4) is 0 Å². The lowest BCUT2D eigenvalue weighted by Gasteiger charge is -2.23. The van der Waals surface area contributed by atoms with Crippen LogP contribution in [0.15, 0.2) is 18.2 Å². The highest BCUT2D eigenvalue weighted by Gasteiger charge is 2.15. The molecule has 1 atom stereocenters. The number of benzene rings is 1. The Balaban J connectivity index is 2.81. The topological polar surface area (TPSA) is 21.3 Å². The average Bonchev–Trinajstić information content (AvgIpc) is 2.34. The summed E-state index contributed by atoms with van der Waals surface area (Å²) in [5, 5.41) is 4.36. The largest absolute Gasteiger partial charge is 0.496 e. The predicted molar refractivity (Wildman–Crippen MR) is 78.6 cm³/mol. The summed E-state index contributed by atoms with van der Waals surface area (Å²) < 4.78 is 5.40. The lowest BCUT2D eigenvalue weighted by atomic mass is 9.95. The molecule has 0 aromatic heterocycles. The molecule has 0 radical (unpaired) electrons. The molecule has 1 aromatic carbocycles. The summed E-state index contributed by atoms with van der Waals surface area (Å²) in [5.41, 5.74) is 1.17. The molecule has 0 aliphatic rings. The minimum absolute atomic E-state index is 0.456. The molecule has 0 aliphatic heterocycles. The minimum atomic E-state index is 0.456. The van der Waals surface area contributed by atoms with Gasteiger partial charge in [-0.3, -0.25) is 0 Å². The van der Waals surface area contributed by atoms with Crippen molar-refractivity contribution >= 4 is 11.6 Å². The number of hydrogen-bond donors (Lipinski definition) is 1. The molecule has 0 fully saturated rings. The first-order valence-electron chi connectivity index (χ1n) is 6.64. The Hall–Kier alpha value is -0.730. The predicted octanol–water partition coefficient (Wildman–Crippen LogP) is 3.92. The van der Waals surface area contributed by atoms with E-state index in [9.17, 15) is 0 Å². The maximum Gasteiger partial charge on any atom is 0.122 e. The molecule has 102 valence electrons. The number of nitrogens with one attached hydrogen (secondary N) is 1. The lowest BCUT2D eigenvalue weighted by Crippen LogP contribution is -2.36. The van der Waals surface area contributed by atoms with Crippen LogP contribution in [-0.2, 0) is 6.42 Å². The van der Waals surface area contributed by atoms with Crippen molar-refractivity contribution in [1.82, 2.24) is 5.32 Å². The summed E-state index contributed by atoms with van der Waals surface area (Å²) in [6.45, 7) is 7.71. The third-order valence-electron chi connectivity index (χ3n) is 3.14. The molecule has 0 spiro atoms. The first-order valence-corrected chi connectivity index (χ1v) is 7.02. The highest BCUT2D eigenvalue weighted by Crippen LogP contribution is 2.25. The maximum atomic E-state index is 6.07. The van der Waals surface area contributed by atoms with E-state index in [0.29, 0.717) is 12.0 Å². The number of ether oxygens (including phenoxy) is 1. The Morgan fingerprint density at radius 1 is 1.33 bits per heavy atom. The van der Waals surface area contributed by atoms with Gasteiger partial charge in [0.05, 0.1) is 7.11 Å². The highest BCUT2D eigenvalue weighted by atomic mass is 35.5. The van der Waals surface area contributed by atoms with E-state index in [1.807, 2.05) is 18.2 Å². The van der Waals surface area contributed by atoms with E-state index in [-0.39, 0.29) is 0 Å². The fourth-order valence-electron chi connectivity index (χ4n) is 2.02. The van der Waals surface area contributed by atoms with Crippen molar-refractivity contribution in [3.63, 3.8) is 0 Å². The monoisotopic (exact) mass is 269 g/mol. The van der Waals surface area contributed by atoms with Gasteiger partial charge in [0, 0.05) is 11.1 Å². The standard InChI is InChI=1S/C15H24ClNO/c1-5-8-17-14(11(2)3)10-12-9-13(16)6-7-15(12)18-4/h6-7,9,11,14,17H,5,8,10H2,1-4H3. The molecule has 1 unspecified atom stereocenters. The van der Waals surface area contributed by atoms with Crippen molar-refractivity contribution in [2.75, 3.05) is 13.7 Å². The second-order valence-electron chi connectivity index (χ2n) is 4.96. The molecular weight excluding hydrogens is 246 g/mol. The van der Waals surface area contributed by atoms with Gasteiger partial charge in [-0.1, -0.05) is 32.4 Å². The van der Waals surface area contributed by atoms with Crippen LogP contribution in [0.4, 0.5) is 0 Å². The first kappa shape index (κ1) is 15.3. The molecular formula is C15H24ClNO. The Morgan fingerprint density at radius 3 is 2.61 bits per heavy atom. The second kappa shape index (κ2) is 7.65. The summed E-state index contributed by atoms with van der Waals surface area (Å²) in [7, 11) is 1.70. The zero-order valence-electron chi connectivity index (χ0n) is 11.8. The molecule has 1 aromatic rings. The van der Waals surface area contributed by atoms with Gasteiger partial charge >= 0.3 is 0 Å². The molecule has 0 saturated carbocycles. The maximum absolute atomic E-state index is 6.07. The van der Waals surface area contributed by atoms with Gasteiger partial charge in [-0.05, 0) is 49.1 Å². The van der Waals surface area contributed by atoms with Crippen LogP contribution in [0.1, 0.15) is 32.8 Å². The van der Waals surface area contributed by atoms with Gasteiger partial charge in [0.25, 0.3) is 0 Å². The van der Waals surface area contributed by atoms with E-state index in [1.54, 1.807) is 7.11 Å². The van der Waals surface area contributed by atoms with Gasteiger partial charge in [-0.15, -0.1) is 0 Å². The SMILES string of the molecule is CCCNC(Cc1cc(Cl)ccc1OC)C(C)C. The van der Waals surface area contributed by atoms with Crippen LogP contribution in [0.5, 0.6) is 5.75 Å². The van der Waals surface area contributed by atoms with Crippen LogP contribution >= 0.6 is 11.6 Å². The van der Waals surface area contributed by atoms with Crippen LogP contribution in [0, 0.1) is 5.92 Å². The van der Waals surface area contributed by atoms with Gasteiger partial charge < -0.3 is 10.1 Å². The molecule has 0 amide bonds. The molecule has 1 rings (SSSR count). The third kappa shape index (κ3) is 4.51. The van der Waals surface area contributed by atoms with E-state index in [0.717, 1.165) is 30.2 Å². The van der Waals surface area contributed by atoms with E-state index in [2.05, 4.69) is 26.1 Å². The third-order valence-corrected chi connectivity index (χ3v) is 3.38. The van der Waals surface area contributed by atoms with Crippen LogP contribution in [0.2, 0.25) is 5.02 Å². The molecule has 2 nitrogen and oxygen atoms in total. The number of halogens is 1. The van der Waals surface area contributed by atoms with Crippen molar-refractivity contribution in [3.8, 4) is 5.75 Å². The number of hydrogen-bond acceptors (Lipinski definition) is 2. The van der Waals surface area contributed by atoms with E-state index < -0.39 is 0 Å². The van der Waals surface area contributed by atoms with Gasteiger partial charge in [0.15, 0.2) is 0 Å². The zero-order chi connectivity index (χ0) is 13.5. The Bertz CT molecular complexity index is 366. The number of methoxy groups -OCH3 is 1. The Morgan fingerprint density at radius 2 is 2.06 bits per heavy atom. The van der Waals surface area contributed by atoms with E-state index >= 15 is 0 Å². The van der Waals surface area contributed by atoms with Gasteiger partial charge in [-0.25, -0.2) is 0 Å². The summed E-state index contributed by atoms with van der Waals surface area (Å²) in [4.78, 5) is 0.